The minimum atomic E-state index is -0.324. The van der Waals surface area contributed by atoms with Crippen molar-refractivity contribution in [3.05, 3.63) is 94.5 Å². The molecule has 3 nitrogen and oxygen atoms in total. The summed E-state index contributed by atoms with van der Waals surface area (Å²) < 4.78 is 6.15. The molecule has 1 aliphatic rings. The van der Waals surface area contributed by atoms with Gasteiger partial charge in [-0.25, -0.2) is 0 Å². The first-order valence-electron chi connectivity index (χ1n) is 10.7. The molecule has 1 atom stereocenters. The average Bonchev–Trinajstić information content (AvgIpc) is 2.72. The molecule has 1 heterocycles. The Balaban J connectivity index is 1.42. The first-order chi connectivity index (χ1) is 14.8. The van der Waals surface area contributed by atoms with E-state index in [4.69, 9.17) is 4.74 Å². The third kappa shape index (κ3) is 5.31. The van der Waals surface area contributed by atoms with E-state index in [-0.39, 0.29) is 17.6 Å². The lowest BCUT2D eigenvalue weighted by atomic mass is 9.89. The van der Waals surface area contributed by atoms with Gasteiger partial charge in [0.2, 0.25) is 0 Å². The third-order valence-corrected chi connectivity index (χ3v) is 6.66. The number of fused-ring (bicyclic) bond motifs is 1. The molecule has 0 bridgehead atoms. The first kappa shape index (κ1) is 21.5. The van der Waals surface area contributed by atoms with Gasteiger partial charge in [0, 0.05) is 28.2 Å². The number of carbonyl (C=O) groups is 1. The number of rotatable bonds is 5. The van der Waals surface area contributed by atoms with Gasteiger partial charge in [0.05, 0.1) is 6.04 Å². The summed E-state index contributed by atoms with van der Waals surface area (Å²) in [6.45, 7) is 8.28. The summed E-state index contributed by atoms with van der Waals surface area (Å²) in [6, 6.07) is 22.6. The summed E-state index contributed by atoms with van der Waals surface area (Å²) in [4.78, 5) is 14.2. The molecule has 1 amide bonds. The minimum absolute atomic E-state index is 0.0491. The number of hydrogen-bond donors (Lipinski definition) is 1. The molecule has 3 aromatic rings. The maximum absolute atomic E-state index is 13.0. The molecule has 4 rings (SSSR count). The molecular formula is C27H29NO2S. The maximum atomic E-state index is 13.0. The Hall–Kier alpha value is -2.72. The highest BCUT2D eigenvalue weighted by atomic mass is 32.2. The Kier molecular flexibility index (Phi) is 6.10. The van der Waals surface area contributed by atoms with E-state index in [1.54, 1.807) is 11.8 Å². The van der Waals surface area contributed by atoms with Gasteiger partial charge in [-0.3, -0.25) is 4.79 Å². The van der Waals surface area contributed by atoms with Crippen molar-refractivity contribution in [1.82, 2.24) is 5.32 Å². The average molecular weight is 432 g/mol. The smallest absolute Gasteiger partial charge is 0.251 e. The fourth-order valence-electron chi connectivity index (χ4n) is 3.88. The minimum Gasteiger partial charge on any atom is -0.487 e. The van der Waals surface area contributed by atoms with Crippen LogP contribution in [-0.4, -0.2) is 11.5 Å². The van der Waals surface area contributed by atoms with Gasteiger partial charge in [0.1, 0.15) is 11.4 Å². The Morgan fingerprint density at radius 1 is 1.00 bits per heavy atom. The molecule has 1 aliphatic heterocycles. The van der Waals surface area contributed by atoms with Crippen LogP contribution in [0.1, 0.15) is 58.9 Å². The molecule has 0 saturated heterocycles. The molecule has 1 unspecified atom stereocenters. The summed E-state index contributed by atoms with van der Waals surface area (Å²) in [7, 11) is 0. The van der Waals surface area contributed by atoms with Gasteiger partial charge in [-0.1, -0.05) is 42.0 Å². The van der Waals surface area contributed by atoms with Crippen molar-refractivity contribution < 1.29 is 9.53 Å². The summed E-state index contributed by atoms with van der Waals surface area (Å²) >= 11 is 1.80. The number of ether oxygens (including phenoxy) is 1. The fourth-order valence-corrected chi connectivity index (χ4v) is 4.74. The van der Waals surface area contributed by atoms with Gasteiger partial charge in [-0.2, -0.15) is 0 Å². The van der Waals surface area contributed by atoms with E-state index >= 15 is 0 Å². The summed E-state index contributed by atoms with van der Waals surface area (Å²) in [6.07, 6.45) is 0.736. The molecule has 4 heteroatoms. The van der Waals surface area contributed by atoms with E-state index in [2.05, 4.69) is 75.5 Å². The number of thioether (sulfide) groups is 1. The standard InChI is InChI=1S/C27H29NO2S/c1-18-5-12-22(13-6-18)31-17-20-8-10-21(11-9-20)26(29)28-24-16-27(3,4)30-25-15-19(2)7-14-23(24)25/h5-15,24H,16-17H2,1-4H3,(H,28,29). The zero-order valence-corrected chi connectivity index (χ0v) is 19.4. The molecule has 0 aromatic heterocycles. The molecule has 0 radical (unpaired) electrons. The lowest BCUT2D eigenvalue weighted by Crippen LogP contribution is -2.41. The summed E-state index contributed by atoms with van der Waals surface area (Å²) in [5.74, 6) is 1.70. The van der Waals surface area contributed by atoms with E-state index in [1.807, 2.05) is 24.3 Å². The predicted octanol–water partition coefficient (Wildman–Crippen LogP) is 6.63. The van der Waals surface area contributed by atoms with Crippen LogP contribution in [0.5, 0.6) is 5.75 Å². The van der Waals surface area contributed by atoms with Gasteiger partial charge in [-0.05, 0) is 69.2 Å². The fraction of sp³-hybridized carbons (Fsp3) is 0.296. The van der Waals surface area contributed by atoms with E-state index in [1.165, 1.54) is 16.0 Å². The predicted molar refractivity (Wildman–Crippen MR) is 128 cm³/mol. The second-order valence-corrected chi connectivity index (χ2v) is 9.98. The molecule has 0 fully saturated rings. The van der Waals surface area contributed by atoms with Crippen molar-refractivity contribution >= 4 is 17.7 Å². The van der Waals surface area contributed by atoms with Gasteiger partial charge < -0.3 is 10.1 Å². The van der Waals surface area contributed by atoms with Gasteiger partial charge in [0.15, 0.2) is 0 Å². The number of benzene rings is 3. The Labute approximate surface area is 189 Å². The van der Waals surface area contributed by atoms with Crippen molar-refractivity contribution in [2.75, 3.05) is 0 Å². The summed E-state index contributed by atoms with van der Waals surface area (Å²) in [5.41, 5.74) is 5.03. The number of hydrogen-bond acceptors (Lipinski definition) is 3. The van der Waals surface area contributed by atoms with Crippen LogP contribution < -0.4 is 10.1 Å². The van der Waals surface area contributed by atoms with E-state index < -0.39 is 0 Å². The molecule has 0 spiro atoms. The van der Waals surface area contributed by atoms with E-state index in [0.717, 1.165) is 29.1 Å². The SMILES string of the molecule is Cc1ccc(SCc2ccc(C(=O)NC3CC(C)(C)Oc4cc(C)ccc43)cc2)cc1. The summed E-state index contributed by atoms with van der Waals surface area (Å²) in [5, 5.41) is 3.22. The molecule has 3 aromatic carbocycles. The van der Waals surface area contributed by atoms with Crippen molar-refractivity contribution in [2.45, 2.75) is 56.4 Å². The highest BCUT2D eigenvalue weighted by molar-refractivity contribution is 7.98. The normalized spacial score (nSPS) is 16.8. The first-order valence-corrected chi connectivity index (χ1v) is 11.7. The quantitative estimate of drug-likeness (QED) is 0.461. The van der Waals surface area contributed by atoms with Crippen LogP contribution in [0.4, 0.5) is 0 Å². The lowest BCUT2D eigenvalue weighted by Gasteiger charge is -2.38. The van der Waals surface area contributed by atoms with Crippen LogP contribution in [0, 0.1) is 13.8 Å². The highest BCUT2D eigenvalue weighted by Gasteiger charge is 2.34. The molecule has 160 valence electrons. The van der Waals surface area contributed by atoms with Crippen molar-refractivity contribution in [3.8, 4) is 5.75 Å². The zero-order chi connectivity index (χ0) is 22.0. The molecular weight excluding hydrogens is 402 g/mol. The van der Waals surface area contributed by atoms with Crippen LogP contribution >= 0.6 is 11.8 Å². The number of carbonyl (C=O) groups excluding carboxylic acids is 1. The second-order valence-electron chi connectivity index (χ2n) is 8.93. The van der Waals surface area contributed by atoms with Crippen LogP contribution in [-0.2, 0) is 5.75 Å². The topological polar surface area (TPSA) is 38.3 Å². The third-order valence-electron chi connectivity index (χ3n) is 5.57. The van der Waals surface area contributed by atoms with Gasteiger partial charge in [-0.15, -0.1) is 11.8 Å². The highest BCUT2D eigenvalue weighted by Crippen LogP contribution is 2.40. The van der Waals surface area contributed by atoms with Crippen molar-refractivity contribution in [2.24, 2.45) is 0 Å². The second kappa shape index (κ2) is 8.80. The van der Waals surface area contributed by atoms with Crippen LogP contribution in [0.15, 0.2) is 71.6 Å². The van der Waals surface area contributed by atoms with Crippen molar-refractivity contribution in [1.29, 1.82) is 0 Å². The zero-order valence-electron chi connectivity index (χ0n) is 18.6. The maximum Gasteiger partial charge on any atom is 0.251 e. The molecule has 1 N–H and O–H groups in total. The lowest BCUT2D eigenvalue weighted by molar-refractivity contribution is 0.0619. The molecule has 0 saturated carbocycles. The van der Waals surface area contributed by atoms with Gasteiger partial charge >= 0.3 is 0 Å². The Morgan fingerprint density at radius 3 is 2.39 bits per heavy atom. The Morgan fingerprint density at radius 2 is 1.68 bits per heavy atom. The van der Waals surface area contributed by atoms with Crippen molar-refractivity contribution in [3.63, 3.8) is 0 Å². The van der Waals surface area contributed by atoms with Crippen LogP contribution in [0.3, 0.4) is 0 Å². The van der Waals surface area contributed by atoms with Crippen LogP contribution in [0.2, 0.25) is 0 Å². The monoisotopic (exact) mass is 431 g/mol. The number of nitrogens with one attached hydrogen (secondary N) is 1. The molecule has 0 aliphatic carbocycles. The van der Waals surface area contributed by atoms with Gasteiger partial charge in [0.25, 0.3) is 5.91 Å². The van der Waals surface area contributed by atoms with Crippen LogP contribution in [0.25, 0.3) is 0 Å². The number of amides is 1. The van der Waals surface area contributed by atoms with E-state index in [0.29, 0.717) is 5.56 Å². The molecule has 31 heavy (non-hydrogen) atoms. The largest absolute Gasteiger partial charge is 0.487 e. The Bertz CT molecular complexity index is 1070. The van der Waals surface area contributed by atoms with E-state index in [9.17, 15) is 4.79 Å². The number of aryl methyl sites for hydroxylation is 2.